The van der Waals surface area contributed by atoms with Gasteiger partial charge in [-0.3, -0.25) is 9.59 Å². The molecule has 144 valence electrons. The first kappa shape index (κ1) is 19.8. The summed E-state index contributed by atoms with van der Waals surface area (Å²) in [7, 11) is 0. The van der Waals surface area contributed by atoms with Gasteiger partial charge in [0.2, 0.25) is 5.91 Å². The Morgan fingerprint density at radius 3 is 2.54 bits per heavy atom. The van der Waals surface area contributed by atoms with Gasteiger partial charge in [0.15, 0.2) is 0 Å². The highest BCUT2D eigenvalue weighted by atomic mass is 32.2. The lowest BCUT2D eigenvalue weighted by molar-refractivity contribution is -0.118. The van der Waals surface area contributed by atoms with E-state index in [0.29, 0.717) is 17.3 Å². The molecule has 5 nitrogen and oxygen atoms in total. The van der Waals surface area contributed by atoms with Gasteiger partial charge >= 0.3 is 0 Å². The van der Waals surface area contributed by atoms with E-state index < -0.39 is 0 Å². The van der Waals surface area contributed by atoms with Crippen LogP contribution in [0.3, 0.4) is 0 Å². The minimum Gasteiger partial charge on any atom is -0.351 e. The van der Waals surface area contributed by atoms with Crippen molar-refractivity contribution in [3.05, 3.63) is 87.5 Å². The lowest BCUT2D eigenvalue weighted by atomic mass is 10.1. The first-order chi connectivity index (χ1) is 13.4. The molecule has 2 aromatic carbocycles. The number of amides is 1. The van der Waals surface area contributed by atoms with E-state index in [9.17, 15) is 14.0 Å². The molecule has 0 saturated carbocycles. The Morgan fingerprint density at radius 1 is 1.07 bits per heavy atom. The summed E-state index contributed by atoms with van der Waals surface area (Å²) in [5.41, 5.74) is 3.50. The van der Waals surface area contributed by atoms with Crippen LogP contribution in [0.15, 0.2) is 64.4 Å². The first-order valence-electron chi connectivity index (χ1n) is 8.74. The summed E-state index contributed by atoms with van der Waals surface area (Å²) in [5, 5.41) is 7.72. The molecule has 7 heteroatoms. The van der Waals surface area contributed by atoms with Gasteiger partial charge in [-0.15, -0.1) is 0 Å². The summed E-state index contributed by atoms with van der Waals surface area (Å²) in [5.74, 6) is -0.310. The molecule has 0 aliphatic heterocycles. The largest absolute Gasteiger partial charge is 0.351 e. The van der Waals surface area contributed by atoms with Crippen LogP contribution >= 0.6 is 11.8 Å². The van der Waals surface area contributed by atoms with Crippen LogP contribution in [0.1, 0.15) is 16.7 Å². The Morgan fingerprint density at radius 2 is 1.82 bits per heavy atom. The summed E-state index contributed by atoms with van der Waals surface area (Å²) >= 11 is 1.25. The van der Waals surface area contributed by atoms with Crippen LogP contribution in [-0.4, -0.2) is 21.4 Å². The van der Waals surface area contributed by atoms with E-state index in [0.717, 1.165) is 16.7 Å². The van der Waals surface area contributed by atoms with Gasteiger partial charge in [-0.25, -0.2) is 4.39 Å². The van der Waals surface area contributed by atoms with Crippen molar-refractivity contribution in [2.24, 2.45) is 0 Å². The van der Waals surface area contributed by atoms with E-state index in [-0.39, 0.29) is 23.0 Å². The Bertz CT molecular complexity index is 1050. The van der Waals surface area contributed by atoms with E-state index in [1.54, 1.807) is 18.2 Å². The van der Waals surface area contributed by atoms with E-state index in [4.69, 9.17) is 0 Å². The first-order valence-corrected chi connectivity index (χ1v) is 9.73. The molecule has 3 aromatic rings. The van der Waals surface area contributed by atoms with Gasteiger partial charge in [-0.05, 0) is 60.9 Å². The maximum Gasteiger partial charge on any atom is 0.271 e. The van der Waals surface area contributed by atoms with Gasteiger partial charge in [0.1, 0.15) is 10.8 Å². The molecule has 0 aliphatic carbocycles. The van der Waals surface area contributed by atoms with Gasteiger partial charge < -0.3 is 5.32 Å². The monoisotopic (exact) mass is 397 g/mol. The summed E-state index contributed by atoms with van der Waals surface area (Å²) < 4.78 is 14.2. The highest BCUT2D eigenvalue weighted by molar-refractivity contribution is 7.99. The number of aryl methyl sites for hydroxylation is 2. The van der Waals surface area contributed by atoms with Gasteiger partial charge in [0, 0.05) is 12.6 Å². The number of hydrogen-bond donors (Lipinski definition) is 1. The van der Waals surface area contributed by atoms with Gasteiger partial charge in [0.05, 0.1) is 11.4 Å². The number of carbonyl (C=O) groups excluding carboxylic acids is 1. The van der Waals surface area contributed by atoms with Gasteiger partial charge in [-0.2, -0.15) is 9.78 Å². The molecule has 0 atom stereocenters. The molecule has 1 N–H and O–H groups in total. The van der Waals surface area contributed by atoms with Crippen LogP contribution in [0.4, 0.5) is 4.39 Å². The van der Waals surface area contributed by atoms with Crippen LogP contribution < -0.4 is 10.9 Å². The molecule has 1 aromatic heterocycles. The lowest BCUT2D eigenvalue weighted by Crippen LogP contribution is -2.25. The zero-order valence-electron chi connectivity index (χ0n) is 15.6. The zero-order valence-corrected chi connectivity index (χ0v) is 16.4. The average molecular weight is 397 g/mol. The summed E-state index contributed by atoms with van der Waals surface area (Å²) in [6.07, 6.45) is 0. The predicted octanol–water partition coefficient (Wildman–Crippen LogP) is 3.40. The average Bonchev–Trinajstić information content (AvgIpc) is 2.69. The fraction of sp³-hybridized carbons (Fsp3) is 0.190. The molecule has 0 spiro atoms. The molecule has 28 heavy (non-hydrogen) atoms. The normalized spacial score (nSPS) is 10.7. The van der Waals surface area contributed by atoms with E-state index >= 15 is 0 Å². The second-order valence-electron chi connectivity index (χ2n) is 6.38. The Kier molecular flexibility index (Phi) is 6.26. The number of halogens is 1. The highest BCUT2D eigenvalue weighted by Crippen LogP contribution is 2.16. The topological polar surface area (TPSA) is 64.0 Å². The molecule has 0 bridgehead atoms. The number of thioether (sulfide) groups is 1. The van der Waals surface area contributed by atoms with Crippen LogP contribution in [0.25, 0.3) is 5.69 Å². The Balaban J connectivity index is 1.63. The summed E-state index contributed by atoms with van der Waals surface area (Å²) in [6, 6.07) is 14.7. The fourth-order valence-electron chi connectivity index (χ4n) is 2.51. The minimum atomic E-state index is -0.310. The molecular weight excluding hydrogens is 377 g/mol. The number of aromatic nitrogens is 2. The van der Waals surface area contributed by atoms with Crippen molar-refractivity contribution in [2.75, 3.05) is 5.75 Å². The number of benzene rings is 2. The van der Waals surface area contributed by atoms with Crippen molar-refractivity contribution in [3.8, 4) is 5.69 Å². The highest BCUT2D eigenvalue weighted by Gasteiger charge is 2.08. The molecule has 0 saturated heterocycles. The van der Waals surface area contributed by atoms with E-state index in [2.05, 4.69) is 10.4 Å². The number of nitrogens with zero attached hydrogens (tertiary/aromatic N) is 2. The molecule has 0 fully saturated rings. The maximum absolute atomic E-state index is 12.9. The van der Waals surface area contributed by atoms with Crippen molar-refractivity contribution in [1.82, 2.24) is 15.1 Å². The second-order valence-corrected chi connectivity index (χ2v) is 7.38. The third-order valence-corrected chi connectivity index (χ3v) is 5.18. The number of rotatable bonds is 6. The van der Waals surface area contributed by atoms with Gasteiger partial charge in [-0.1, -0.05) is 30.0 Å². The number of hydrogen-bond acceptors (Lipinski definition) is 4. The SMILES string of the molecule is Cc1ccc(-n2nc(SCC(=O)NCc3ccc(F)cc3)ccc2=O)cc1C. The van der Waals surface area contributed by atoms with E-state index in [1.165, 1.54) is 34.6 Å². The smallest absolute Gasteiger partial charge is 0.271 e. The molecule has 0 aliphatic rings. The molecular formula is C21H20FN3O2S. The van der Waals surface area contributed by atoms with Crippen molar-refractivity contribution in [3.63, 3.8) is 0 Å². The standard InChI is InChI=1S/C21H20FN3O2S/c1-14-3-8-18(11-15(14)2)25-21(27)10-9-20(24-25)28-13-19(26)23-12-16-4-6-17(22)7-5-16/h3-11H,12-13H2,1-2H3,(H,23,26). The fourth-order valence-corrected chi connectivity index (χ4v) is 3.19. The maximum atomic E-state index is 12.9. The molecule has 3 rings (SSSR count). The quantitative estimate of drug-likeness (QED) is 0.648. The zero-order chi connectivity index (χ0) is 20.1. The molecule has 0 unspecified atom stereocenters. The third kappa shape index (κ3) is 5.07. The molecule has 1 heterocycles. The van der Waals surface area contributed by atoms with Crippen molar-refractivity contribution < 1.29 is 9.18 Å². The second kappa shape index (κ2) is 8.84. The van der Waals surface area contributed by atoms with Gasteiger partial charge in [0.25, 0.3) is 5.56 Å². The molecule has 0 radical (unpaired) electrons. The van der Waals surface area contributed by atoms with Crippen molar-refractivity contribution in [2.45, 2.75) is 25.4 Å². The number of nitrogens with one attached hydrogen (secondary N) is 1. The minimum absolute atomic E-state index is 0.166. The molecule has 1 amide bonds. The lowest BCUT2D eigenvalue weighted by Gasteiger charge is -2.09. The Labute approximate surface area is 166 Å². The number of carbonyl (C=O) groups is 1. The summed E-state index contributed by atoms with van der Waals surface area (Å²) in [6.45, 7) is 4.31. The Hall–Kier alpha value is -2.93. The van der Waals surface area contributed by atoms with E-state index in [1.807, 2.05) is 32.0 Å². The third-order valence-electron chi connectivity index (χ3n) is 4.26. The van der Waals surface area contributed by atoms with Crippen LogP contribution in [-0.2, 0) is 11.3 Å². The van der Waals surface area contributed by atoms with Crippen LogP contribution in [0.2, 0.25) is 0 Å². The van der Waals surface area contributed by atoms with Crippen LogP contribution in [0, 0.1) is 19.7 Å². The predicted molar refractivity (Wildman–Crippen MR) is 108 cm³/mol. The summed E-state index contributed by atoms with van der Waals surface area (Å²) in [4.78, 5) is 24.2. The van der Waals surface area contributed by atoms with Crippen molar-refractivity contribution in [1.29, 1.82) is 0 Å². The van der Waals surface area contributed by atoms with Crippen molar-refractivity contribution >= 4 is 17.7 Å². The van der Waals surface area contributed by atoms with Crippen LogP contribution in [0.5, 0.6) is 0 Å².